The molecule has 0 aliphatic carbocycles. The van der Waals surface area contributed by atoms with Crippen molar-refractivity contribution in [3.63, 3.8) is 0 Å². The van der Waals surface area contributed by atoms with Gasteiger partial charge in [-0.2, -0.15) is 0 Å². The molecule has 1 aromatic carbocycles. The van der Waals surface area contributed by atoms with E-state index in [9.17, 15) is 0 Å². The molecule has 1 N–H and O–H groups in total. The lowest BCUT2D eigenvalue weighted by Gasteiger charge is -2.26. The number of halogens is 1. The predicted molar refractivity (Wildman–Crippen MR) is 57.7 cm³/mol. The van der Waals surface area contributed by atoms with Gasteiger partial charge >= 0.3 is 0 Å². The van der Waals surface area contributed by atoms with Gasteiger partial charge in [0.05, 0.1) is 0 Å². The fourth-order valence-electron chi connectivity index (χ4n) is 1.98. The first-order chi connectivity index (χ1) is 6.20. The molecule has 0 saturated carbocycles. The molecule has 2 rings (SSSR count). The molecule has 0 unspecified atom stereocenters. The minimum Gasteiger partial charge on any atom is -0.385 e. The van der Waals surface area contributed by atoms with Gasteiger partial charge in [0.2, 0.25) is 0 Å². The minimum absolute atomic E-state index is 0.587. The number of nitrogens with one attached hydrogen (secondary N) is 1. The van der Waals surface area contributed by atoms with Crippen LogP contribution in [-0.4, -0.2) is 6.54 Å². The van der Waals surface area contributed by atoms with Crippen LogP contribution in [0.15, 0.2) is 12.1 Å². The van der Waals surface area contributed by atoms with Crippen molar-refractivity contribution in [1.29, 1.82) is 0 Å². The first kappa shape index (κ1) is 8.89. The zero-order valence-electron chi connectivity index (χ0n) is 8.02. The summed E-state index contributed by atoms with van der Waals surface area (Å²) in [5.74, 6) is 0.587. The summed E-state index contributed by atoms with van der Waals surface area (Å²) in [5, 5.41) is 4.32. The molecule has 0 amide bonds. The maximum absolute atomic E-state index is 6.17. The van der Waals surface area contributed by atoms with E-state index in [2.05, 4.69) is 25.2 Å². The molecule has 0 saturated heterocycles. The van der Waals surface area contributed by atoms with E-state index in [4.69, 9.17) is 11.6 Å². The summed E-state index contributed by atoms with van der Waals surface area (Å²) in [6.45, 7) is 5.43. The Bertz CT molecular complexity index is 333. The van der Waals surface area contributed by atoms with E-state index in [1.165, 1.54) is 23.2 Å². The van der Waals surface area contributed by atoms with Crippen LogP contribution in [0.5, 0.6) is 0 Å². The summed E-state index contributed by atoms with van der Waals surface area (Å²) in [6.07, 6.45) is 1.18. The highest BCUT2D eigenvalue weighted by Gasteiger charge is 2.19. The standard InChI is InChI=1S/C11H14ClN/c1-7-5-6-13-11-8(2)3-4-9(12)10(7)11/h3-4,7,13H,5-6H2,1-2H3/t7-/m1/s1. The number of benzene rings is 1. The van der Waals surface area contributed by atoms with E-state index < -0.39 is 0 Å². The molecule has 1 aliphatic heterocycles. The van der Waals surface area contributed by atoms with Gasteiger partial charge in [0.25, 0.3) is 0 Å². The summed E-state index contributed by atoms with van der Waals surface area (Å²) in [7, 11) is 0. The normalized spacial score (nSPS) is 20.7. The third kappa shape index (κ3) is 1.42. The third-order valence-corrected chi connectivity index (χ3v) is 3.10. The summed E-state index contributed by atoms with van der Waals surface area (Å²) in [5.41, 5.74) is 3.85. The van der Waals surface area contributed by atoms with Crippen molar-refractivity contribution in [2.75, 3.05) is 11.9 Å². The van der Waals surface area contributed by atoms with Crippen LogP contribution in [0.3, 0.4) is 0 Å². The molecule has 0 fully saturated rings. The van der Waals surface area contributed by atoms with Crippen LogP contribution < -0.4 is 5.32 Å². The molecular weight excluding hydrogens is 182 g/mol. The summed E-state index contributed by atoms with van der Waals surface area (Å²) >= 11 is 6.17. The number of rotatable bonds is 0. The van der Waals surface area contributed by atoms with Crippen LogP contribution in [-0.2, 0) is 0 Å². The summed E-state index contributed by atoms with van der Waals surface area (Å²) in [6, 6.07) is 4.07. The Morgan fingerprint density at radius 3 is 2.92 bits per heavy atom. The van der Waals surface area contributed by atoms with Crippen molar-refractivity contribution in [2.45, 2.75) is 26.2 Å². The molecule has 1 nitrogen and oxygen atoms in total. The quantitative estimate of drug-likeness (QED) is 0.668. The molecule has 0 bridgehead atoms. The van der Waals surface area contributed by atoms with Crippen molar-refractivity contribution in [3.8, 4) is 0 Å². The second kappa shape index (κ2) is 3.22. The van der Waals surface area contributed by atoms with Crippen molar-refractivity contribution in [3.05, 3.63) is 28.3 Å². The van der Waals surface area contributed by atoms with E-state index in [-0.39, 0.29) is 0 Å². The average molecular weight is 196 g/mol. The van der Waals surface area contributed by atoms with E-state index in [0.717, 1.165) is 11.6 Å². The maximum Gasteiger partial charge on any atom is 0.0461 e. The molecule has 1 aliphatic rings. The average Bonchev–Trinajstić information content (AvgIpc) is 2.12. The Labute approximate surface area is 84.1 Å². The predicted octanol–water partition coefficient (Wildman–Crippen LogP) is 3.57. The Hall–Kier alpha value is -0.690. The van der Waals surface area contributed by atoms with Crippen molar-refractivity contribution in [2.24, 2.45) is 0 Å². The van der Waals surface area contributed by atoms with Gasteiger partial charge < -0.3 is 5.32 Å². The molecule has 0 radical (unpaired) electrons. The van der Waals surface area contributed by atoms with Crippen molar-refractivity contribution >= 4 is 17.3 Å². The topological polar surface area (TPSA) is 12.0 Å². The SMILES string of the molecule is Cc1ccc(Cl)c2c1NCC[C@H]2C. The largest absolute Gasteiger partial charge is 0.385 e. The van der Waals surface area contributed by atoms with Crippen molar-refractivity contribution < 1.29 is 0 Å². The lowest BCUT2D eigenvalue weighted by atomic mass is 9.91. The number of fused-ring (bicyclic) bond motifs is 1. The Kier molecular flexibility index (Phi) is 2.20. The third-order valence-electron chi connectivity index (χ3n) is 2.77. The lowest BCUT2D eigenvalue weighted by Crippen LogP contribution is -2.16. The van der Waals surface area contributed by atoms with E-state index >= 15 is 0 Å². The number of hydrogen-bond acceptors (Lipinski definition) is 1. The Balaban J connectivity index is 2.60. The first-order valence-corrected chi connectivity index (χ1v) is 5.11. The first-order valence-electron chi connectivity index (χ1n) is 4.73. The van der Waals surface area contributed by atoms with Gasteiger partial charge in [-0.15, -0.1) is 0 Å². The Morgan fingerprint density at radius 2 is 2.23 bits per heavy atom. The molecule has 0 spiro atoms. The van der Waals surface area contributed by atoms with Gasteiger partial charge in [0.15, 0.2) is 0 Å². The van der Waals surface area contributed by atoms with Crippen LogP contribution in [0.2, 0.25) is 5.02 Å². The van der Waals surface area contributed by atoms with Crippen LogP contribution in [0.1, 0.15) is 30.4 Å². The highest BCUT2D eigenvalue weighted by atomic mass is 35.5. The smallest absolute Gasteiger partial charge is 0.0461 e. The zero-order valence-corrected chi connectivity index (χ0v) is 8.78. The number of aryl methyl sites for hydroxylation is 1. The highest BCUT2D eigenvalue weighted by Crippen LogP contribution is 2.38. The van der Waals surface area contributed by atoms with Gasteiger partial charge in [-0.3, -0.25) is 0 Å². The second-order valence-corrected chi connectivity index (χ2v) is 4.18. The molecule has 1 heterocycles. The lowest BCUT2D eigenvalue weighted by molar-refractivity contribution is 0.682. The van der Waals surface area contributed by atoms with Crippen LogP contribution in [0.4, 0.5) is 5.69 Å². The highest BCUT2D eigenvalue weighted by molar-refractivity contribution is 6.31. The Morgan fingerprint density at radius 1 is 1.46 bits per heavy atom. The van der Waals surface area contributed by atoms with E-state index in [1.807, 2.05) is 6.07 Å². The number of anilines is 1. The van der Waals surface area contributed by atoms with Gasteiger partial charge in [0, 0.05) is 17.3 Å². The molecule has 2 heteroatoms. The van der Waals surface area contributed by atoms with Gasteiger partial charge in [-0.25, -0.2) is 0 Å². The van der Waals surface area contributed by atoms with Crippen molar-refractivity contribution in [1.82, 2.24) is 0 Å². The van der Waals surface area contributed by atoms with Crippen LogP contribution in [0, 0.1) is 6.92 Å². The van der Waals surface area contributed by atoms with Crippen LogP contribution in [0.25, 0.3) is 0 Å². The summed E-state index contributed by atoms with van der Waals surface area (Å²) < 4.78 is 0. The van der Waals surface area contributed by atoms with Gasteiger partial charge in [-0.1, -0.05) is 24.6 Å². The van der Waals surface area contributed by atoms with E-state index in [0.29, 0.717) is 5.92 Å². The number of hydrogen-bond donors (Lipinski definition) is 1. The molecule has 13 heavy (non-hydrogen) atoms. The van der Waals surface area contributed by atoms with E-state index in [1.54, 1.807) is 0 Å². The van der Waals surface area contributed by atoms with Gasteiger partial charge in [-0.05, 0) is 36.5 Å². The van der Waals surface area contributed by atoms with Crippen LogP contribution >= 0.6 is 11.6 Å². The second-order valence-electron chi connectivity index (χ2n) is 3.77. The zero-order chi connectivity index (χ0) is 9.42. The molecule has 1 atom stereocenters. The fourth-order valence-corrected chi connectivity index (χ4v) is 2.32. The fraction of sp³-hybridized carbons (Fsp3) is 0.455. The minimum atomic E-state index is 0.587. The molecular formula is C11H14ClN. The monoisotopic (exact) mass is 195 g/mol. The summed E-state index contributed by atoms with van der Waals surface area (Å²) in [4.78, 5) is 0. The molecule has 70 valence electrons. The maximum atomic E-state index is 6.17. The molecule has 0 aromatic heterocycles. The molecule has 1 aromatic rings. The van der Waals surface area contributed by atoms with Gasteiger partial charge in [0.1, 0.15) is 0 Å².